The highest BCUT2D eigenvalue weighted by Crippen LogP contribution is 2.29. The van der Waals surface area contributed by atoms with Crippen LogP contribution in [0.2, 0.25) is 0 Å². The SMILES string of the molecule is COC(=O)c1cn([C@@H]2CCCC[C@@H]2NS(=O)(=O)c2ccc(C)cc2)nn1. The van der Waals surface area contributed by atoms with Gasteiger partial charge in [0.2, 0.25) is 10.0 Å². The van der Waals surface area contributed by atoms with Gasteiger partial charge in [0.05, 0.1) is 24.2 Å². The fourth-order valence-electron chi connectivity index (χ4n) is 3.19. The molecular weight excluding hydrogens is 356 g/mol. The number of nitrogens with one attached hydrogen (secondary N) is 1. The molecule has 3 rings (SSSR count). The molecule has 1 saturated carbocycles. The van der Waals surface area contributed by atoms with Crippen LogP contribution in [0.5, 0.6) is 0 Å². The fourth-order valence-corrected chi connectivity index (χ4v) is 4.49. The number of carbonyl (C=O) groups excluding carboxylic acids is 1. The van der Waals surface area contributed by atoms with E-state index in [1.165, 1.54) is 13.3 Å². The molecule has 1 aromatic carbocycles. The summed E-state index contributed by atoms with van der Waals surface area (Å²) in [5, 5.41) is 7.83. The second-order valence-electron chi connectivity index (χ2n) is 6.47. The number of sulfonamides is 1. The second kappa shape index (κ2) is 7.55. The van der Waals surface area contributed by atoms with E-state index in [-0.39, 0.29) is 22.7 Å². The molecule has 0 radical (unpaired) electrons. The minimum atomic E-state index is -3.63. The van der Waals surface area contributed by atoms with Gasteiger partial charge in [-0.05, 0) is 31.9 Å². The van der Waals surface area contributed by atoms with Gasteiger partial charge in [-0.25, -0.2) is 22.6 Å². The Balaban J connectivity index is 1.82. The van der Waals surface area contributed by atoms with Crippen molar-refractivity contribution in [2.75, 3.05) is 7.11 Å². The number of ether oxygens (including phenoxy) is 1. The zero-order valence-electron chi connectivity index (χ0n) is 14.8. The number of aromatic nitrogens is 3. The van der Waals surface area contributed by atoms with Gasteiger partial charge in [0.25, 0.3) is 0 Å². The summed E-state index contributed by atoms with van der Waals surface area (Å²) in [5.74, 6) is -0.566. The first kappa shape index (κ1) is 18.5. The van der Waals surface area contributed by atoms with Crippen LogP contribution in [0.1, 0.15) is 47.8 Å². The first-order valence-electron chi connectivity index (χ1n) is 8.50. The van der Waals surface area contributed by atoms with Gasteiger partial charge in [-0.2, -0.15) is 0 Å². The molecule has 2 aromatic rings. The lowest BCUT2D eigenvalue weighted by Crippen LogP contribution is -2.43. The Kier molecular flexibility index (Phi) is 5.38. The van der Waals surface area contributed by atoms with Crippen LogP contribution in [0.3, 0.4) is 0 Å². The normalized spacial score (nSPS) is 20.7. The average Bonchev–Trinajstić information content (AvgIpc) is 3.11. The van der Waals surface area contributed by atoms with E-state index < -0.39 is 16.0 Å². The van der Waals surface area contributed by atoms with Crippen LogP contribution in [0.15, 0.2) is 35.4 Å². The summed E-state index contributed by atoms with van der Waals surface area (Å²) in [4.78, 5) is 11.8. The first-order chi connectivity index (χ1) is 12.4. The predicted molar refractivity (Wildman–Crippen MR) is 94.2 cm³/mol. The lowest BCUT2D eigenvalue weighted by atomic mass is 9.91. The molecule has 9 heteroatoms. The summed E-state index contributed by atoms with van der Waals surface area (Å²) in [6.07, 6.45) is 4.85. The number of aryl methyl sites for hydroxylation is 1. The summed E-state index contributed by atoms with van der Waals surface area (Å²) in [6, 6.07) is 6.22. The summed E-state index contributed by atoms with van der Waals surface area (Å²) >= 11 is 0. The van der Waals surface area contributed by atoms with Crippen LogP contribution >= 0.6 is 0 Å². The molecule has 0 saturated heterocycles. The Morgan fingerprint density at radius 1 is 1.23 bits per heavy atom. The maximum atomic E-state index is 12.7. The van der Waals surface area contributed by atoms with Crippen LogP contribution in [-0.4, -0.2) is 42.5 Å². The molecule has 0 unspecified atom stereocenters. The number of benzene rings is 1. The van der Waals surface area contributed by atoms with Gasteiger partial charge < -0.3 is 4.74 Å². The van der Waals surface area contributed by atoms with Crippen molar-refractivity contribution in [2.45, 2.75) is 49.6 Å². The first-order valence-corrected chi connectivity index (χ1v) is 9.98. The molecule has 140 valence electrons. The average molecular weight is 378 g/mol. The van der Waals surface area contributed by atoms with Gasteiger partial charge in [0.1, 0.15) is 0 Å². The number of hydrogen-bond acceptors (Lipinski definition) is 6. The molecule has 1 heterocycles. The predicted octanol–water partition coefficient (Wildman–Crippen LogP) is 1.84. The lowest BCUT2D eigenvalue weighted by Gasteiger charge is -2.31. The number of carbonyl (C=O) groups is 1. The molecule has 0 spiro atoms. The third kappa shape index (κ3) is 3.94. The Morgan fingerprint density at radius 3 is 2.62 bits per heavy atom. The zero-order chi connectivity index (χ0) is 18.7. The maximum absolute atomic E-state index is 12.7. The van der Waals surface area contributed by atoms with E-state index in [0.29, 0.717) is 6.42 Å². The molecular formula is C17H22N4O4S. The fraction of sp³-hybridized carbons (Fsp3) is 0.471. The number of methoxy groups -OCH3 is 1. The van der Waals surface area contributed by atoms with Crippen molar-refractivity contribution in [3.63, 3.8) is 0 Å². The van der Waals surface area contributed by atoms with Gasteiger partial charge in [0, 0.05) is 6.04 Å². The van der Waals surface area contributed by atoms with Crippen molar-refractivity contribution in [2.24, 2.45) is 0 Å². The van der Waals surface area contributed by atoms with Crippen LogP contribution in [-0.2, 0) is 14.8 Å². The second-order valence-corrected chi connectivity index (χ2v) is 8.18. The molecule has 26 heavy (non-hydrogen) atoms. The van der Waals surface area contributed by atoms with Crippen LogP contribution < -0.4 is 4.72 Å². The highest BCUT2D eigenvalue weighted by Gasteiger charge is 2.32. The van der Waals surface area contributed by atoms with E-state index in [1.54, 1.807) is 28.9 Å². The Morgan fingerprint density at radius 2 is 1.92 bits per heavy atom. The van der Waals surface area contributed by atoms with E-state index in [1.807, 2.05) is 6.92 Å². The molecule has 0 bridgehead atoms. The largest absolute Gasteiger partial charge is 0.464 e. The Labute approximate surface area is 152 Å². The topological polar surface area (TPSA) is 103 Å². The molecule has 1 aliphatic carbocycles. The summed E-state index contributed by atoms with van der Waals surface area (Å²) in [6.45, 7) is 1.91. The highest BCUT2D eigenvalue weighted by molar-refractivity contribution is 7.89. The van der Waals surface area contributed by atoms with Crippen molar-refractivity contribution in [1.29, 1.82) is 0 Å². The van der Waals surface area contributed by atoms with Gasteiger partial charge in [-0.15, -0.1) is 5.10 Å². The third-order valence-corrected chi connectivity index (χ3v) is 6.12. The maximum Gasteiger partial charge on any atom is 0.360 e. The highest BCUT2D eigenvalue weighted by atomic mass is 32.2. The number of esters is 1. The zero-order valence-corrected chi connectivity index (χ0v) is 15.6. The van der Waals surface area contributed by atoms with E-state index in [4.69, 9.17) is 0 Å². The quantitative estimate of drug-likeness (QED) is 0.796. The van der Waals surface area contributed by atoms with Crippen molar-refractivity contribution in [3.8, 4) is 0 Å². The lowest BCUT2D eigenvalue weighted by molar-refractivity contribution is 0.0594. The number of nitrogens with zero attached hydrogens (tertiary/aromatic N) is 3. The van der Waals surface area contributed by atoms with Crippen LogP contribution in [0.4, 0.5) is 0 Å². The van der Waals surface area contributed by atoms with Crippen molar-refractivity contribution >= 4 is 16.0 Å². The van der Waals surface area contributed by atoms with E-state index in [9.17, 15) is 13.2 Å². The van der Waals surface area contributed by atoms with E-state index in [2.05, 4.69) is 19.8 Å². The Hall–Kier alpha value is -2.26. The molecule has 2 atom stereocenters. The van der Waals surface area contributed by atoms with Crippen molar-refractivity contribution in [3.05, 3.63) is 41.7 Å². The van der Waals surface area contributed by atoms with Gasteiger partial charge in [-0.3, -0.25) is 0 Å². The van der Waals surface area contributed by atoms with Gasteiger partial charge in [0.15, 0.2) is 5.69 Å². The monoisotopic (exact) mass is 378 g/mol. The number of hydrogen-bond donors (Lipinski definition) is 1. The molecule has 0 aliphatic heterocycles. The molecule has 1 fully saturated rings. The third-order valence-electron chi connectivity index (χ3n) is 4.61. The van der Waals surface area contributed by atoms with E-state index in [0.717, 1.165) is 24.8 Å². The number of rotatable bonds is 5. The van der Waals surface area contributed by atoms with Crippen molar-refractivity contribution in [1.82, 2.24) is 19.7 Å². The molecule has 1 aliphatic rings. The smallest absolute Gasteiger partial charge is 0.360 e. The van der Waals surface area contributed by atoms with E-state index >= 15 is 0 Å². The molecule has 1 N–H and O–H groups in total. The summed E-state index contributed by atoms with van der Waals surface area (Å²) in [5.41, 5.74) is 1.11. The molecule has 0 amide bonds. The molecule has 1 aromatic heterocycles. The minimum absolute atomic E-state index is 0.109. The van der Waals surface area contributed by atoms with Gasteiger partial charge >= 0.3 is 5.97 Å². The van der Waals surface area contributed by atoms with Crippen molar-refractivity contribution < 1.29 is 17.9 Å². The summed E-state index contributed by atoms with van der Waals surface area (Å²) < 4.78 is 34.4. The summed E-state index contributed by atoms with van der Waals surface area (Å²) in [7, 11) is -2.36. The standard InChI is InChI=1S/C17H22N4O4S/c1-12-7-9-13(10-8-12)26(23,24)19-14-5-3-4-6-16(14)21-11-15(18-20-21)17(22)25-2/h7-11,14,16,19H,3-6H2,1-2H3/t14-,16+/m0/s1. The molecule has 8 nitrogen and oxygen atoms in total. The van der Waals surface area contributed by atoms with Crippen LogP contribution in [0.25, 0.3) is 0 Å². The van der Waals surface area contributed by atoms with Crippen LogP contribution in [0, 0.1) is 6.92 Å². The van der Waals surface area contributed by atoms with Gasteiger partial charge in [-0.1, -0.05) is 35.8 Å². The minimum Gasteiger partial charge on any atom is -0.464 e. The Bertz CT molecular complexity index is 876.